The molecule has 0 saturated heterocycles. The van der Waals surface area contributed by atoms with Crippen LogP contribution >= 0.6 is 0 Å². The predicted molar refractivity (Wildman–Crippen MR) is 126 cm³/mol. The normalized spacial score (nSPS) is 47.4. The zero-order valence-electron chi connectivity index (χ0n) is 21.3. The van der Waals surface area contributed by atoms with E-state index in [2.05, 4.69) is 27.7 Å². The van der Waals surface area contributed by atoms with Crippen molar-refractivity contribution in [2.45, 2.75) is 129 Å². The molecular weight excluding hydrogens is 425 g/mol. The number of fused-ring (bicyclic) bond motifs is 5. The number of aliphatic hydroxyl groups is 2. The molecule has 4 aliphatic rings. The van der Waals surface area contributed by atoms with Gasteiger partial charge in [-0.2, -0.15) is 13.2 Å². The Hall–Kier alpha value is -0.290. The number of hydrogen-bond donors (Lipinski definition) is 2. The van der Waals surface area contributed by atoms with E-state index >= 15 is 0 Å². The first-order valence-electron chi connectivity index (χ1n) is 13.8. The van der Waals surface area contributed by atoms with Crippen LogP contribution in [-0.2, 0) is 0 Å². The Bertz CT molecular complexity index is 695. The van der Waals surface area contributed by atoms with Gasteiger partial charge in [0.2, 0.25) is 0 Å². The molecule has 4 aliphatic carbocycles. The van der Waals surface area contributed by atoms with Crippen LogP contribution in [0.25, 0.3) is 0 Å². The highest BCUT2D eigenvalue weighted by Gasteiger charge is 2.61. The Labute approximate surface area is 199 Å². The highest BCUT2D eigenvalue weighted by atomic mass is 19.4. The van der Waals surface area contributed by atoms with Crippen molar-refractivity contribution in [1.29, 1.82) is 0 Å². The SMILES string of the molecule is CC[C@]1(O)CCC2(C)C(CCC3C2CCC2(C)C3CC[C@@H]2[C@H](C)CCCC(O)C(F)(F)F)C1. The molecule has 2 N–H and O–H groups in total. The molecule has 33 heavy (non-hydrogen) atoms. The van der Waals surface area contributed by atoms with Gasteiger partial charge in [0.1, 0.15) is 6.10 Å². The molecule has 5 heteroatoms. The number of alkyl halides is 3. The number of halogens is 3. The van der Waals surface area contributed by atoms with Crippen LogP contribution in [0, 0.1) is 46.3 Å². The molecule has 4 rings (SSSR count). The minimum atomic E-state index is -4.49. The zero-order valence-corrected chi connectivity index (χ0v) is 21.3. The van der Waals surface area contributed by atoms with Crippen LogP contribution in [0.15, 0.2) is 0 Å². The van der Waals surface area contributed by atoms with Crippen molar-refractivity contribution in [3.8, 4) is 0 Å². The van der Waals surface area contributed by atoms with Gasteiger partial charge >= 0.3 is 6.18 Å². The van der Waals surface area contributed by atoms with Gasteiger partial charge in [-0.3, -0.25) is 0 Å². The molecule has 0 heterocycles. The Kier molecular flexibility index (Phi) is 7.02. The van der Waals surface area contributed by atoms with Gasteiger partial charge in [-0.25, -0.2) is 0 Å². The van der Waals surface area contributed by atoms with E-state index in [0.29, 0.717) is 35.0 Å². The minimum Gasteiger partial charge on any atom is -0.390 e. The molecule has 0 aromatic carbocycles. The lowest BCUT2D eigenvalue weighted by Gasteiger charge is -2.62. The third-order valence-corrected chi connectivity index (χ3v) is 11.8. The molecule has 7 unspecified atom stereocenters. The fourth-order valence-electron chi connectivity index (χ4n) is 9.62. The summed E-state index contributed by atoms with van der Waals surface area (Å²) in [4.78, 5) is 0. The second-order valence-corrected chi connectivity index (χ2v) is 13.1. The Morgan fingerprint density at radius 2 is 1.61 bits per heavy atom. The van der Waals surface area contributed by atoms with Crippen LogP contribution in [0.4, 0.5) is 13.2 Å². The second kappa shape index (κ2) is 8.98. The van der Waals surface area contributed by atoms with Gasteiger partial charge in [0.25, 0.3) is 0 Å². The Morgan fingerprint density at radius 3 is 2.27 bits per heavy atom. The molecular formula is C28H47F3O2. The maximum atomic E-state index is 12.7. The zero-order chi connectivity index (χ0) is 24.2. The first-order valence-corrected chi connectivity index (χ1v) is 13.8. The van der Waals surface area contributed by atoms with Gasteiger partial charge in [-0.05, 0) is 117 Å². The second-order valence-electron chi connectivity index (χ2n) is 13.1. The fraction of sp³-hybridized carbons (Fsp3) is 1.00. The van der Waals surface area contributed by atoms with Crippen LogP contribution < -0.4 is 0 Å². The van der Waals surface area contributed by atoms with Gasteiger partial charge in [0.15, 0.2) is 0 Å². The molecule has 0 aliphatic heterocycles. The topological polar surface area (TPSA) is 40.5 Å². The molecule has 0 spiro atoms. The van der Waals surface area contributed by atoms with Gasteiger partial charge < -0.3 is 10.2 Å². The summed E-state index contributed by atoms with van der Waals surface area (Å²) in [6.45, 7) is 9.41. The van der Waals surface area contributed by atoms with E-state index in [4.69, 9.17) is 0 Å². The predicted octanol–water partition coefficient (Wildman–Crippen LogP) is 7.52. The first kappa shape index (κ1) is 25.8. The highest BCUT2D eigenvalue weighted by molar-refractivity contribution is 5.10. The molecule has 0 aromatic heterocycles. The lowest BCUT2D eigenvalue weighted by atomic mass is 9.43. The molecule has 0 radical (unpaired) electrons. The Morgan fingerprint density at radius 1 is 0.909 bits per heavy atom. The fourth-order valence-corrected chi connectivity index (χ4v) is 9.62. The van der Waals surface area contributed by atoms with Crippen LogP contribution in [-0.4, -0.2) is 28.1 Å². The molecule has 0 bridgehead atoms. The van der Waals surface area contributed by atoms with E-state index in [0.717, 1.165) is 49.9 Å². The summed E-state index contributed by atoms with van der Waals surface area (Å²) >= 11 is 0. The van der Waals surface area contributed by atoms with Crippen LogP contribution in [0.2, 0.25) is 0 Å². The van der Waals surface area contributed by atoms with E-state index in [-0.39, 0.29) is 6.42 Å². The van der Waals surface area contributed by atoms with Crippen molar-refractivity contribution < 1.29 is 23.4 Å². The summed E-state index contributed by atoms with van der Waals surface area (Å²) in [5.41, 5.74) is 0.224. The summed E-state index contributed by atoms with van der Waals surface area (Å²) in [6.07, 6.45) is 5.92. The summed E-state index contributed by atoms with van der Waals surface area (Å²) in [5, 5.41) is 20.3. The van der Waals surface area contributed by atoms with Crippen molar-refractivity contribution in [1.82, 2.24) is 0 Å². The third kappa shape index (κ3) is 4.52. The molecule has 4 saturated carbocycles. The van der Waals surface area contributed by atoms with E-state index in [1.54, 1.807) is 0 Å². The monoisotopic (exact) mass is 472 g/mol. The molecule has 0 aromatic rings. The van der Waals surface area contributed by atoms with E-state index in [1.807, 2.05) is 0 Å². The Balaban J connectivity index is 1.41. The maximum absolute atomic E-state index is 12.7. The summed E-state index contributed by atoms with van der Waals surface area (Å²) in [6, 6.07) is 0. The standard InChI is InChI=1S/C28H47F3O2/c1-5-27(33)16-15-25(3)19(17-27)9-10-20-22-12-11-21(26(22,4)14-13-23(20)25)18(2)7-6-8-24(32)28(29,30)31/h18-24,32-33H,5-17H2,1-4H3/t18-,19?,20?,21-,22?,23?,24?,25?,26?,27+/m1/s1. The van der Waals surface area contributed by atoms with Crippen LogP contribution in [0.5, 0.6) is 0 Å². The largest absolute Gasteiger partial charge is 0.414 e. The quantitative estimate of drug-likeness (QED) is 0.420. The molecule has 4 fully saturated rings. The van der Waals surface area contributed by atoms with Crippen LogP contribution in [0.3, 0.4) is 0 Å². The van der Waals surface area contributed by atoms with E-state index in [1.165, 1.54) is 38.5 Å². The first-order chi connectivity index (χ1) is 15.3. The lowest BCUT2D eigenvalue weighted by Crippen LogP contribution is -2.56. The summed E-state index contributed by atoms with van der Waals surface area (Å²) < 4.78 is 38.0. The lowest BCUT2D eigenvalue weighted by molar-refractivity contribution is -0.205. The number of hydrogen-bond acceptors (Lipinski definition) is 2. The molecule has 0 amide bonds. The third-order valence-electron chi connectivity index (χ3n) is 11.8. The smallest absolute Gasteiger partial charge is 0.390 e. The number of rotatable bonds is 6. The number of aliphatic hydroxyl groups excluding tert-OH is 1. The molecule has 10 atom stereocenters. The van der Waals surface area contributed by atoms with E-state index in [9.17, 15) is 23.4 Å². The summed E-state index contributed by atoms with van der Waals surface area (Å²) in [7, 11) is 0. The minimum absolute atomic E-state index is 0.171. The average molecular weight is 473 g/mol. The average Bonchev–Trinajstić information content (AvgIpc) is 3.11. The summed E-state index contributed by atoms with van der Waals surface area (Å²) in [5.74, 6) is 3.95. The van der Waals surface area contributed by atoms with Crippen molar-refractivity contribution >= 4 is 0 Å². The van der Waals surface area contributed by atoms with Gasteiger partial charge in [-0.15, -0.1) is 0 Å². The van der Waals surface area contributed by atoms with E-state index < -0.39 is 17.9 Å². The van der Waals surface area contributed by atoms with Gasteiger partial charge in [0.05, 0.1) is 5.60 Å². The van der Waals surface area contributed by atoms with Crippen molar-refractivity contribution in [2.75, 3.05) is 0 Å². The molecule has 192 valence electrons. The van der Waals surface area contributed by atoms with Gasteiger partial charge in [0, 0.05) is 0 Å². The van der Waals surface area contributed by atoms with Crippen molar-refractivity contribution in [3.63, 3.8) is 0 Å². The maximum Gasteiger partial charge on any atom is 0.414 e. The van der Waals surface area contributed by atoms with Crippen LogP contribution in [0.1, 0.15) is 111 Å². The van der Waals surface area contributed by atoms with Crippen molar-refractivity contribution in [3.05, 3.63) is 0 Å². The van der Waals surface area contributed by atoms with Crippen molar-refractivity contribution in [2.24, 2.45) is 46.3 Å². The van der Waals surface area contributed by atoms with Gasteiger partial charge in [-0.1, -0.05) is 40.5 Å². The molecule has 2 nitrogen and oxygen atoms in total. The highest BCUT2D eigenvalue weighted by Crippen LogP contribution is 2.69.